The Labute approximate surface area is 140 Å². The topological polar surface area (TPSA) is 144 Å². The lowest BCUT2D eigenvalue weighted by Crippen LogP contribution is -2.34. The van der Waals surface area contributed by atoms with E-state index in [2.05, 4.69) is 15.3 Å². The van der Waals surface area contributed by atoms with Gasteiger partial charge in [0.1, 0.15) is 27.9 Å². The largest absolute Gasteiger partial charge is 0.480 e. The molecule has 10 heteroatoms. The van der Waals surface area contributed by atoms with Crippen molar-refractivity contribution in [1.29, 1.82) is 0 Å². The Hall–Kier alpha value is -2.75. The zero-order chi connectivity index (χ0) is 17.9. The predicted octanol–water partition coefficient (Wildman–Crippen LogP) is 0.917. The molecule has 2 heterocycles. The molecule has 0 aromatic carbocycles. The van der Waals surface area contributed by atoms with Gasteiger partial charge in [-0.15, -0.1) is 11.3 Å². The Kier molecular flexibility index (Phi) is 5.29. The maximum Gasteiger partial charge on any atom is 0.348 e. The number of fused-ring (bicyclic) bond motifs is 1. The monoisotopic (exact) mass is 352 g/mol. The van der Waals surface area contributed by atoms with Crippen LogP contribution in [0.1, 0.15) is 28.6 Å². The number of carboxylic acid groups (broad SMARTS) is 1. The number of aromatic nitrogens is 2. The van der Waals surface area contributed by atoms with Crippen LogP contribution < -0.4 is 11.1 Å². The number of nitrogens with one attached hydrogen (secondary N) is 1. The van der Waals surface area contributed by atoms with Gasteiger partial charge in [0.25, 0.3) is 0 Å². The molecule has 1 atom stereocenters. The third-order valence-corrected chi connectivity index (χ3v) is 4.38. The number of amides is 1. The van der Waals surface area contributed by atoms with E-state index in [9.17, 15) is 19.5 Å². The maximum atomic E-state index is 12.0. The number of primary amides is 1. The molecule has 0 aliphatic rings. The van der Waals surface area contributed by atoms with Gasteiger partial charge >= 0.3 is 11.9 Å². The number of aryl methyl sites for hydroxylation is 1. The number of thiophene rings is 1. The van der Waals surface area contributed by atoms with Crippen molar-refractivity contribution in [3.63, 3.8) is 0 Å². The highest BCUT2D eigenvalue weighted by atomic mass is 32.1. The average molecular weight is 352 g/mol. The van der Waals surface area contributed by atoms with Gasteiger partial charge in [-0.3, -0.25) is 4.79 Å². The molecule has 128 valence electrons. The summed E-state index contributed by atoms with van der Waals surface area (Å²) in [5, 5.41) is 12.4. The summed E-state index contributed by atoms with van der Waals surface area (Å²) in [6.45, 7) is 3.64. The Bertz CT molecular complexity index is 804. The molecule has 0 aliphatic carbocycles. The molecule has 0 aliphatic heterocycles. The van der Waals surface area contributed by atoms with Crippen molar-refractivity contribution < 1.29 is 24.2 Å². The van der Waals surface area contributed by atoms with Gasteiger partial charge in [-0.1, -0.05) is 0 Å². The highest BCUT2D eigenvalue weighted by Gasteiger charge is 2.24. The second-order valence-electron chi connectivity index (χ2n) is 4.88. The molecule has 0 radical (unpaired) electrons. The highest BCUT2D eigenvalue weighted by molar-refractivity contribution is 7.20. The van der Waals surface area contributed by atoms with Crippen LogP contribution in [0.5, 0.6) is 0 Å². The van der Waals surface area contributed by atoms with E-state index in [0.29, 0.717) is 20.7 Å². The summed E-state index contributed by atoms with van der Waals surface area (Å²) < 4.78 is 5.00. The number of aliphatic carboxylic acids is 1. The van der Waals surface area contributed by atoms with Crippen LogP contribution in [0.15, 0.2) is 6.33 Å². The summed E-state index contributed by atoms with van der Waals surface area (Å²) in [5.74, 6) is -2.25. The van der Waals surface area contributed by atoms with Gasteiger partial charge in [0.05, 0.1) is 18.4 Å². The Morgan fingerprint density at radius 2 is 2.12 bits per heavy atom. The number of nitrogens with zero attached hydrogens (tertiary/aromatic N) is 2. The Morgan fingerprint density at radius 1 is 1.42 bits per heavy atom. The van der Waals surface area contributed by atoms with Crippen molar-refractivity contribution in [2.24, 2.45) is 5.73 Å². The molecule has 1 unspecified atom stereocenters. The van der Waals surface area contributed by atoms with Crippen molar-refractivity contribution in [2.45, 2.75) is 26.3 Å². The summed E-state index contributed by atoms with van der Waals surface area (Å²) in [4.78, 5) is 43.3. The van der Waals surface area contributed by atoms with Gasteiger partial charge in [-0.05, 0) is 19.4 Å². The fourth-order valence-electron chi connectivity index (χ4n) is 2.14. The summed E-state index contributed by atoms with van der Waals surface area (Å²) in [7, 11) is 0. The minimum Gasteiger partial charge on any atom is -0.480 e. The molecule has 2 rings (SSSR count). The summed E-state index contributed by atoms with van der Waals surface area (Å²) >= 11 is 1.13. The van der Waals surface area contributed by atoms with E-state index in [4.69, 9.17) is 10.5 Å². The standard InChI is InChI=1S/C14H16N4O5S/c1-3-23-14(22)10-6(2)9-11(16-5-17-12(9)24-10)18-7(13(20)21)4-8(15)19/h5,7H,3-4H2,1-2H3,(H2,15,19)(H,20,21)(H,16,17,18). The van der Waals surface area contributed by atoms with Gasteiger partial charge in [0.2, 0.25) is 5.91 Å². The summed E-state index contributed by atoms with van der Waals surface area (Å²) in [6, 6.07) is -1.23. The average Bonchev–Trinajstić information content (AvgIpc) is 2.84. The molecular weight excluding hydrogens is 336 g/mol. The molecule has 1 amide bonds. The van der Waals surface area contributed by atoms with E-state index in [1.807, 2.05) is 0 Å². The molecule has 9 nitrogen and oxygen atoms in total. The number of carboxylic acids is 1. The number of ether oxygens (including phenoxy) is 1. The first-order valence-corrected chi connectivity index (χ1v) is 7.85. The zero-order valence-corrected chi connectivity index (χ0v) is 13.8. The molecule has 4 N–H and O–H groups in total. The quantitative estimate of drug-likeness (QED) is 0.624. The molecule has 0 spiro atoms. The number of anilines is 1. The molecular formula is C14H16N4O5S. The third kappa shape index (κ3) is 3.59. The number of hydrogen-bond donors (Lipinski definition) is 3. The molecule has 2 aromatic heterocycles. The Morgan fingerprint density at radius 3 is 2.71 bits per heavy atom. The maximum absolute atomic E-state index is 12.0. The normalized spacial score (nSPS) is 11.9. The number of rotatable bonds is 7. The van der Waals surface area contributed by atoms with E-state index in [1.54, 1.807) is 13.8 Å². The molecule has 0 bridgehead atoms. The van der Waals surface area contributed by atoms with E-state index in [0.717, 1.165) is 11.3 Å². The third-order valence-electron chi connectivity index (χ3n) is 3.20. The van der Waals surface area contributed by atoms with Crippen molar-refractivity contribution in [1.82, 2.24) is 9.97 Å². The summed E-state index contributed by atoms with van der Waals surface area (Å²) in [6.07, 6.45) is 0.855. The molecule has 2 aromatic rings. The molecule has 24 heavy (non-hydrogen) atoms. The van der Waals surface area contributed by atoms with Crippen molar-refractivity contribution in [3.8, 4) is 0 Å². The lowest BCUT2D eigenvalue weighted by molar-refractivity contribution is -0.139. The van der Waals surface area contributed by atoms with Gasteiger partial charge in [0, 0.05) is 0 Å². The Balaban J connectivity index is 2.45. The van der Waals surface area contributed by atoms with Crippen LogP contribution in [0, 0.1) is 6.92 Å². The number of nitrogens with two attached hydrogens (primary N) is 1. The van der Waals surface area contributed by atoms with Crippen LogP contribution in [-0.2, 0) is 14.3 Å². The summed E-state index contributed by atoms with van der Waals surface area (Å²) in [5.41, 5.74) is 5.65. The van der Waals surface area contributed by atoms with Crippen LogP contribution in [0.3, 0.4) is 0 Å². The van der Waals surface area contributed by atoms with Crippen LogP contribution in [-0.4, -0.2) is 45.6 Å². The predicted molar refractivity (Wildman–Crippen MR) is 87.0 cm³/mol. The van der Waals surface area contributed by atoms with Crippen molar-refractivity contribution in [3.05, 3.63) is 16.8 Å². The number of esters is 1. The number of hydrogen-bond acceptors (Lipinski definition) is 8. The van der Waals surface area contributed by atoms with Crippen LogP contribution in [0.2, 0.25) is 0 Å². The second-order valence-corrected chi connectivity index (χ2v) is 5.88. The minimum absolute atomic E-state index is 0.220. The van der Waals surface area contributed by atoms with E-state index in [-0.39, 0.29) is 12.4 Å². The van der Waals surface area contributed by atoms with E-state index in [1.165, 1.54) is 6.33 Å². The zero-order valence-electron chi connectivity index (χ0n) is 13.0. The van der Waals surface area contributed by atoms with Gasteiger partial charge in [-0.2, -0.15) is 0 Å². The van der Waals surface area contributed by atoms with E-state index < -0.39 is 30.3 Å². The second kappa shape index (κ2) is 7.21. The van der Waals surface area contributed by atoms with Gasteiger partial charge in [0.15, 0.2) is 0 Å². The first kappa shape index (κ1) is 17.6. The van der Waals surface area contributed by atoms with E-state index >= 15 is 0 Å². The van der Waals surface area contributed by atoms with Gasteiger partial charge < -0.3 is 20.9 Å². The lowest BCUT2D eigenvalue weighted by atomic mass is 10.1. The minimum atomic E-state index is -1.24. The van der Waals surface area contributed by atoms with Crippen molar-refractivity contribution in [2.75, 3.05) is 11.9 Å². The number of carbonyl (C=O) groups is 3. The van der Waals surface area contributed by atoms with Crippen LogP contribution >= 0.6 is 11.3 Å². The first-order valence-electron chi connectivity index (χ1n) is 7.04. The fraction of sp³-hybridized carbons (Fsp3) is 0.357. The first-order chi connectivity index (χ1) is 11.3. The van der Waals surface area contributed by atoms with Crippen LogP contribution in [0.25, 0.3) is 10.2 Å². The molecule has 0 saturated carbocycles. The smallest absolute Gasteiger partial charge is 0.348 e. The van der Waals surface area contributed by atoms with Gasteiger partial charge in [-0.25, -0.2) is 19.6 Å². The molecule has 0 saturated heterocycles. The SMILES string of the molecule is CCOC(=O)c1sc2ncnc(NC(CC(N)=O)C(=O)O)c2c1C. The van der Waals surface area contributed by atoms with Crippen molar-refractivity contribution >= 4 is 45.2 Å². The highest BCUT2D eigenvalue weighted by Crippen LogP contribution is 2.34. The fourth-order valence-corrected chi connectivity index (χ4v) is 3.18. The number of carbonyl (C=O) groups excluding carboxylic acids is 2. The van der Waals surface area contributed by atoms with Crippen LogP contribution in [0.4, 0.5) is 5.82 Å². The molecule has 0 fully saturated rings. The lowest BCUT2D eigenvalue weighted by Gasteiger charge is -2.14.